The molecule has 0 aliphatic heterocycles. The van der Waals surface area contributed by atoms with Gasteiger partial charge in [-0.05, 0) is 48.9 Å². The molecule has 0 aromatic heterocycles. The van der Waals surface area contributed by atoms with Gasteiger partial charge in [0.15, 0.2) is 0 Å². The van der Waals surface area contributed by atoms with Crippen LogP contribution < -0.4 is 14.8 Å². The molecule has 1 atom stereocenters. The van der Waals surface area contributed by atoms with Gasteiger partial charge in [-0.15, -0.1) is 0 Å². The molecule has 2 rings (SSSR count). The summed E-state index contributed by atoms with van der Waals surface area (Å²) in [5.41, 5.74) is 2.62. The molecule has 1 unspecified atom stereocenters. The highest BCUT2D eigenvalue weighted by molar-refractivity contribution is 5.43. The smallest absolute Gasteiger partial charge is 0.126 e. The molecule has 0 aliphatic rings. The van der Waals surface area contributed by atoms with Crippen LogP contribution in [0, 0.1) is 12.7 Å². The lowest BCUT2D eigenvalue weighted by atomic mass is 9.97. The van der Waals surface area contributed by atoms with Gasteiger partial charge in [-0.1, -0.05) is 12.1 Å². The Morgan fingerprint density at radius 1 is 0.952 bits per heavy atom. The molecule has 0 amide bonds. The molecule has 112 valence electrons. The fourth-order valence-electron chi connectivity index (χ4n) is 2.37. The summed E-state index contributed by atoms with van der Waals surface area (Å²) in [6, 6.07) is 10.8. The molecular weight excluding hydrogens is 269 g/mol. The van der Waals surface area contributed by atoms with Crippen molar-refractivity contribution < 1.29 is 13.9 Å². The third-order valence-electron chi connectivity index (χ3n) is 3.51. The van der Waals surface area contributed by atoms with Crippen LogP contribution in [0.4, 0.5) is 4.39 Å². The maximum Gasteiger partial charge on any atom is 0.126 e. The summed E-state index contributed by atoms with van der Waals surface area (Å²) in [6.07, 6.45) is 0. The Hall–Kier alpha value is -2.07. The van der Waals surface area contributed by atoms with E-state index in [1.54, 1.807) is 27.2 Å². The minimum atomic E-state index is -0.197. The van der Waals surface area contributed by atoms with E-state index < -0.39 is 0 Å². The lowest BCUT2D eigenvalue weighted by Crippen LogP contribution is -2.18. The number of aryl methyl sites for hydroxylation is 1. The maximum absolute atomic E-state index is 13.4. The fourth-order valence-corrected chi connectivity index (χ4v) is 2.37. The number of methoxy groups -OCH3 is 2. The molecule has 21 heavy (non-hydrogen) atoms. The predicted molar refractivity (Wildman–Crippen MR) is 81.6 cm³/mol. The van der Waals surface area contributed by atoms with E-state index in [4.69, 9.17) is 9.47 Å². The molecule has 0 heterocycles. The predicted octanol–water partition coefficient (Wildman–Crippen LogP) is 3.46. The van der Waals surface area contributed by atoms with Crippen LogP contribution in [0.1, 0.15) is 22.7 Å². The number of hydrogen-bond donors (Lipinski definition) is 1. The Morgan fingerprint density at radius 2 is 1.57 bits per heavy atom. The first-order chi connectivity index (χ1) is 10.1. The van der Waals surface area contributed by atoms with Crippen molar-refractivity contribution in [1.82, 2.24) is 5.32 Å². The SMILES string of the molecule is CNC(c1cc(OC)cc(OC)c1)c1ccc(F)c(C)c1. The molecule has 0 saturated heterocycles. The molecule has 2 aromatic carbocycles. The third kappa shape index (κ3) is 3.34. The Balaban J connectivity index is 2.47. The fraction of sp³-hybridized carbons (Fsp3) is 0.294. The first-order valence-corrected chi connectivity index (χ1v) is 6.75. The Labute approximate surface area is 124 Å². The number of nitrogens with one attached hydrogen (secondary N) is 1. The zero-order valence-electron chi connectivity index (χ0n) is 12.7. The molecule has 0 spiro atoms. The van der Waals surface area contributed by atoms with Crippen LogP contribution in [0.5, 0.6) is 11.5 Å². The van der Waals surface area contributed by atoms with Crippen LogP contribution in [0.3, 0.4) is 0 Å². The number of ether oxygens (including phenoxy) is 2. The van der Waals surface area contributed by atoms with Gasteiger partial charge >= 0.3 is 0 Å². The molecule has 3 nitrogen and oxygen atoms in total. The summed E-state index contributed by atoms with van der Waals surface area (Å²) >= 11 is 0. The van der Waals surface area contributed by atoms with Crippen molar-refractivity contribution in [3.05, 3.63) is 58.9 Å². The van der Waals surface area contributed by atoms with Crippen LogP contribution in [-0.2, 0) is 0 Å². The molecule has 0 radical (unpaired) electrons. The van der Waals surface area contributed by atoms with E-state index in [0.717, 1.165) is 22.6 Å². The standard InChI is InChI=1S/C17H20FNO2/c1-11-7-12(5-6-16(11)18)17(19-2)13-8-14(20-3)10-15(9-13)21-4/h5-10,17,19H,1-4H3. The van der Waals surface area contributed by atoms with Crippen molar-refractivity contribution in [2.45, 2.75) is 13.0 Å². The lowest BCUT2D eigenvalue weighted by Gasteiger charge is -2.19. The summed E-state index contributed by atoms with van der Waals surface area (Å²) in [5.74, 6) is 1.25. The van der Waals surface area contributed by atoms with Gasteiger partial charge in [0.05, 0.1) is 20.3 Å². The second-order valence-corrected chi connectivity index (χ2v) is 4.88. The second kappa shape index (κ2) is 6.59. The molecule has 0 fully saturated rings. The lowest BCUT2D eigenvalue weighted by molar-refractivity contribution is 0.392. The molecule has 4 heteroatoms. The highest BCUT2D eigenvalue weighted by Crippen LogP contribution is 2.30. The normalized spacial score (nSPS) is 12.0. The second-order valence-electron chi connectivity index (χ2n) is 4.88. The van der Waals surface area contributed by atoms with E-state index in [1.165, 1.54) is 6.07 Å². The molecule has 0 aliphatic carbocycles. The van der Waals surface area contributed by atoms with Gasteiger partial charge in [-0.25, -0.2) is 4.39 Å². The minimum absolute atomic E-state index is 0.0618. The van der Waals surface area contributed by atoms with Gasteiger partial charge in [0.25, 0.3) is 0 Å². The van der Waals surface area contributed by atoms with Crippen LogP contribution in [0.15, 0.2) is 36.4 Å². The van der Waals surface area contributed by atoms with E-state index in [9.17, 15) is 4.39 Å². The average Bonchev–Trinajstić information content (AvgIpc) is 2.51. The Kier molecular flexibility index (Phi) is 4.81. The van der Waals surface area contributed by atoms with Crippen molar-refractivity contribution in [3.8, 4) is 11.5 Å². The monoisotopic (exact) mass is 289 g/mol. The van der Waals surface area contributed by atoms with Crippen molar-refractivity contribution in [3.63, 3.8) is 0 Å². The van der Waals surface area contributed by atoms with Crippen molar-refractivity contribution in [2.24, 2.45) is 0 Å². The first kappa shape index (κ1) is 15.3. The van der Waals surface area contributed by atoms with Crippen molar-refractivity contribution in [1.29, 1.82) is 0 Å². The zero-order valence-corrected chi connectivity index (χ0v) is 12.7. The Morgan fingerprint density at radius 3 is 2.05 bits per heavy atom. The first-order valence-electron chi connectivity index (χ1n) is 6.75. The summed E-state index contributed by atoms with van der Waals surface area (Å²) in [7, 11) is 5.11. The summed E-state index contributed by atoms with van der Waals surface area (Å²) < 4.78 is 24.1. The summed E-state index contributed by atoms with van der Waals surface area (Å²) in [6.45, 7) is 1.76. The van der Waals surface area contributed by atoms with Gasteiger partial charge in [0, 0.05) is 6.07 Å². The number of benzene rings is 2. The van der Waals surface area contributed by atoms with Crippen LogP contribution in [0.2, 0.25) is 0 Å². The summed E-state index contributed by atoms with van der Waals surface area (Å²) in [5, 5.41) is 3.25. The van der Waals surface area contributed by atoms with Crippen LogP contribution in [0.25, 0.3) is 0 Å². The largest absolute Gasteiger partial charge is 0.497 e. The third-order valence-corrected chi connectivity index (χ3v) is 3.51. The average molecular weight is 289 g/mol. The van der Waals surface area contributed by atoms with Crippen LogP contribution in [-0.4, -0.2) is 21.3 Å². The number of halogens is 1. The van der Waals surface area contributed by atoms with Gasteiger partial charge in [0.1, 0.15) is 17.3 Å². The highest BCUT2D eigenvalue weighted by atomic mass is 19.1. The minimum Gasteiger partial charge on any atom is -0.497 e. The van der Waals surface area contributed by atoms with Gasteiger partial charge < -0.3 is 14.8 Å². The highest BCUT2D eigenvalue weighted by Gasteiger charge is 2.15. The van der Waals surface area contributed by atoms with E-state index in [1.807, 2.05) is 31.3 Å². The van der Waals surface area contributed by atoms with Gasteiger partial charge in [-0.2, -0.15) is 0 Å². The van der Waals surface area contributed by atoms with E-state index in [2.05, 4.69) is 5.32 Å². The van der Waals surface area contributed by atoms with E-state index in [0.29, 0.717) is 5.56 Å². The molecular formula is C17H20FNO2. The molecule has 2 aromatic rings. The van der Waals surface area contributed by atoms with Gasteiger partial charge in [0.2, 0.25) is 0 Å². The van der Waals surface area contributed by atoms with E-state index in [-0.39, 0.29) is 11.9 Å². The summed E-state index contributed by atoms with van der Waals surface area (Å²) in [4.78, 5) is 0. The molecule has 0 bridgehead atoms. The number of hydrogen-bond acceptors (Lipinski definition) is 3. The number of rotatable bonds is 5. The molecule has 0 saturated carbocycles. The zero-order chi connectivity index (χ0) is 15.4. The van der Waals surface area contributed by atoms with Gasteiger partial charge in [-0.3, -0.25) is 0 Å². The van der Waals surface area contributed by atoms with E-state index >= 15 is 0 Å². The van der Waals surface area contributed by atoms with Crippen LogP contribution >= 0.6 is 0 Å². The molecule has 1 N–H and O–H groups in total. The Bertz CT molecular complexity index is 606. The topological polar surface area (TPSA) is 30.5 Å². The van der Waals surface area contributed by atoms with Crippen molar-refractivity contribution >= 4 is 0 Å². The van der Waals surface area contributed by atoms with Crippen molar-refractivity contribution in [2.75, 3.05) is 21.3 Å². The maximum atomic E-state index is 13.4. The quantitative estimate of drug-likeness (QED) is 0.914.